The van der Waals surface area contributed by atoms with E-state index in [0.29, 0.717) is 17.3 Å². The third kappa shape index (κ3) is 2.93. The van der Waals surface area contributed by atoms with Crippen molar-refractivity contribution >= 4 is 21.4 Å². The normalized spacial score (nSPS) is 11.8. The number of hydrogen-bond donors (Lipinski definition) is 3. The van der Waals surface area contributed by atoms with Gasteiger partial charge in [0.2, 0.25) is 10.0 Å². The number of nitrogens with one attached hydrogen (secondary N) is 3. The molecule has 0 atom stereocenters. The minimum absolute atomic E-state index is 0.0944. The highest BCUT2D eigenvalue weighted by Gasteiger charge is 2.19. The molecule has 2 heterocycles. The van der Waals surface area contributed by atoms with Crippen LogP contribution in [-0.2, 0) is 23.1 Å². The van der Waals surface area contributed by atoms with Crippen LogP contribution in [0.5, 0.6) is 0 Å². The Hall–Kier alpha value is -1.29. The summed E-state index contributed by atoms with van der Waals surface area (Å²) in [7, 11) is -1.74. The number of rotatable bonds is 6. The molecule has 0 radical (unpaired) electrons. The van der Waals surface area contributed by atoms with Gasteiger partial charge >= 0.3 is 0 Å². The highest BCUT2D eigenvalue weighted by atomic mass is 32.2. The number of sulfonamides is 1. The van der Waals surface area contributed by atoms with Crippen molar-refractivity contribution in [3.05, 3.63) is 28.5 Å². The van der Waals surface area contributed by atoms with Crippen LogP contribution in [0.15, 0.2) is 22.7 Å². The van der Waals surface area contributed by atoms with Gasteiger partial charge in [0.25, 0.3) is 0 Å². The molecule has 0 aliphatic heterocycles. The Labute approximate surface area is 109 Å². The lowest BCUT2D eigenvalue weighted by Crippen LogP contribution is -2.24. The summed E-state index contributed by atoms with van der Waals surface area (Å²) < 4.78 is 26.7. The van der Waals surface area contributed by atoms with Gasteiger partial charge in [-0.2, -0.15) is 5.10 Å². The molecule has 2 rings (SSSR count). The molecule has 2 aromatic rings. The first-order valence-electron chi connectivity index (χ1n) is 5.18. The molecule has 0 saturated carbocycles. The third-order valence-corrected chi connectivity index (χ3v) is 4.76. The van der Waals surface area contributed by atoms with Crippen LogP contribution in [0.25, 0.3) is 0 Å². The second-order valence-corrected chi connectivity index (χ2v) is 6.23. The van der Waals surface area contributed by atoms with Crippen molar-refractivity contribution in [1.82, 2.24) is 25.2 Å². The predicted molar refractivity (Wildman–Crippen MR) is 67.5 cm³/mol. The summed E-state index contributed by atoms with van der Waals surface area (Å²) >= 11 is 1.41. The summed E-state index contributed by atoms with van der Waals surface area (Å²) in [6, 6.07) is 1.60. The van der Waals surface area contributed by atoms with Gasteiger partial charge in [-0.05, 0) is 18.5 Å². The topological polar surface area (TPSA) is 99.8 Å². The number of nitrogens with zero attached hydrogens (tertiary/aromatic N) is 2. The monoisotopic (exact) mass is 287 g/mol. The van der Waals surface area contributed by atoms with E-state index in [1.54, 1.807) is 18.5 Å². The molecule has 0 unspecified atom stereocenters. The highest BCUT2D eigenvalue weighted by molar-refractivity contribution is 7.89. The second kappa shape index (κ2) is 5.57. The molecule has 0 spiro atoms. The molecule has 0 amide bonds. The quantitative estimate of drug-likeness (QED) is 0.698. The first kappa shape index (κ1) is 13.1. The van der Waals surface area contributed by atoms with E-state index >= 15 is 0 Å². The zero-order valence-electron chi connectivity index (χ0n) is 9.67. The fourth-order valence-electron chi connectivity index (χ4n) is 1.41. The van der Waals surface area contributed by atoms with Gasteiger partial charge in [0.15, 0.2) is 0 Å². The van der Waals surface area contributed by atoms with Crippen molar-refractivity contribution < 1.29 is 8.42 Å². The van der Waals surface area contributed by atoms with E-state index < -0.39 is 10.0 Å². The van der Waals surface area contributed by atoms with Crippen molar-refractivity contribution in [3.63, 3.8) is 0 Å². The average molecular weight is 287 g/mol. The van der Waals surface area contributed by atoms with Crippen molar-refractivity contribution in [2.75, 3.05) is 7.05 Å². The highest BCUT2D eigenvalue weighted by Crippen LogP contribution is 2.21. The van der Waals surface area contributed by atoms with Crippen LogP contribution in [0.2, 0.25) is 0 Å². The van der Waals surface area contributed by atoms with Crippen LogP contribution in [0.3, 0.4) is 0 Å². The lowest BCUT2D eigenvalue weighted by molar-refractivity contribution is 0.578. The molecule has 7 nitrogen and oxygen atoms in total. The SMILES string of the molecule is CNCc1sccc1S(=O)(=O)NCc1ncn[nH]1. The van der Waals surface area contributed by atoms with Crippen LogP contribution >= 0.6 is 11.3 Å². The standard InChI is InChI=1S/C9H13N5O2S2/c1-10-4-7-8(2-3-17-7)18(15,16)13-5-9-11-6-12-14-9/h2-3,6,10,13H,4-5H2,1H3,(H,11,12,14). The van der Waals surface area contributed by atoms with Crippen LogP contribution in [0, 0.1) is 0 Å². The Morgan fingerprint density at radius 2 is 2.28 bits per heavy atom. The fraction of sp³-hybridized carbons (Fsp3) is 0.333. The Bertz CT molecular complexity index is 590. The van der Waals surface area contributed by atoms with Gasteiger partial charge in [-0.3, -0.25) is 5.10 Å². The number of aromatic amines is 1. The number of aromatic nitrogens is 3. The molecule has 9 heteroatoms. The van der Waals surface area contributed by atoms with Crippen molar-refractivity contribution in [3.8, 4) is 0 Å². The first-order chi connectivity index (χ1) is 8.63. The molecular weight excluding hydrogens is 274 g/mol. The minimum Gasteiger partial charge on any atom is -0.315 e. The molecule has 0 aliphatic carbocycles. The van der Waals surface area contributed by atoms with Gasteiger partial charge in [0.1, 0.15) is 12.2 Å². The minimum atomic E-state index is -3.51. The number of thiophene rings is 1. The largest absolute Gasteiger partial charge is 0.315 e. The lowest BCUT2D eigenvalue weighted by atomic mass is 10.5. The van der Waals surface area contributed by atoms with E-state index in [4.69, 9.17) is 0 Å². The molecule has 18 heavy (non-hydrogen) atoms. The Kier molecular flexibility index (Phi) is 4.07. The van der Waals surface area contributed by atoms with Gasteiger partial charge in [0, 0.05) is 11.4 Å². The van der Waals surface area contributed by atoms with Gasteiger partial charge < -0.3 is 5.32 Å². The lowest BCUT2D eigenvalue weighted by Gasteiger charge is -2.06. The molecule has 2 aromatic heterocycles. The molecule has 0 saturated heterocycles. The van der Waals surface area contributed by atoms with Crippen LogP contribution in [0.1, 0.15) is 10.7 Å². The number of hydrogen-bond acceptors (Lipinski definition) is 6. The molecule has 0 aliphatic rings. The van der Waals surface area contributed by atoms with Crippen LogP contribution < -0.4 is 10.0 Å². The summed E-state index contributed by atoms with van der Waals surface area (Å²) in [6.07, 6.45) is 1.33. The fourth-order valence-corrected chi connectivity index (χ4v) is 3.86. The Balaban J connectivity index is 2.12. The van der Waals surface area contributed by atoms with E-state index in [9.17, 15) is 8.42 Å². The average Bonchev–Trinajstić information content (AvgIpc) is 2.97. The van der Waals surface area contributed by atoms with Gasteiger partial charge in [-0.25, -0.2) is 18.1 Å². The van der Waals surface area contributed by atoms with E-state index in [1.807, 2.05) is 0 Å². The molecule has 3 N–H and O–H groups in total. The molecular formula is C9H13N5O2S2. The molecule has 0 fully saturated rings. The van der Waals surface area contributed by atoms with Gasteiger partial charge in [-0.15, -0.1) is 11.3 Å². The first-order valence-corrected chi connectivity index (χ1v) is 7.54. The maximum atomic E-state index is 12.1. The summed E-state index contributed by atoms with van der Waals surface area (Å²) in [4.78, 5) is 4.94. The molecule has 0 bridgehead atoms. The Morgan fingerprint density at radius 1 is 1.44 bits per heavy atom. The van der Waals surface area contributed by atoms with E-state index in [0.717, 1.165) is 4.88 Å². The molecule has 0 aromatic carbocycles. The van der Waals surface area contributed by atoms with Crippen molar-refractivity contribution in [2.45, 2.75) is 18.0 Å². The zero-order valence-corrected chi connectivity index (χ0v) is 11.3. The van der Waals surface area contributed by atoms with Gasteiger partial charge in [-0.1, -0.05) is 0 Å². The third-order valence-electron chi connectivity index (χ3n) is 2.23. The maximum absolute atomic E-state index is 12.1. The second-order valence-electron chi connectivity index (χ2n) is 3.50. The van der Waals surface area contributed by atoms with Crippen LogP contribution in [-0.4, -0.2) is 30.6 Å². The summed E-state index contributed by atoms with van der Waals surface area (Å²) in [5, 5.41) is 11.0. The maximum Gasteiger partial charge on any atom is 0.242 e. The van der Waals surface area contributed by atoms with E-state index in [2.05, 4.69) is 25.2 Å². The van der Waals surface area contributed by atoms with Crippen molar-refractivity contribution in [1.29, 1.82) is 0 Å². The van der Waals surface area contributed by atoms with Gasteiger partial charge in [0.05, 0.1) is 11.4 Å². The summed E-state index contributed by atoms with van der Waals surface area (Å²) in [5.41, 5.74) is 0. The predicted octanol–water partition coefficient (Wildman–Crippen LogP) is 0.0641. The number of H-pyrrole nitrogens is 1. The summed E-state index contributed by atoms with van der Waals surface area (Å²) in [5.74, 6) is 0.476. The van der Waals surface area contributed by atoms with Crippen LogP contribution in [0.4, 0.5) is 0 Å². The van der Waals surface area contributed by atoms with Crippen molar-refractivity contribution in [2.24, 2.45) is 0 Å². The molecule has 98 valence electrons. The Morgan fingerprint density at radius 3 is 2.94 bits per heavy atom. The van der Waals surface area contributed by atoms with E-state index in [-0.39, 0.29) is 6.54 Å². The smallest absolute Gasteiger partial charge is 0.242 e. The zero-order chi connectivity index (χ0) is 13.0. The van der Waals surface area contributed by atoms with E-state index in [1.165, 1.54) is 17.7 Å². The summed E-state index contributed by atoms with van der Waals surface area (Å²) in [6.45, 7) is 0.618.